The van der Waals surface area contributed by atoms with Crippen LogP contribution in [0.15, 0.2) is 42.5 Å². The molecule has 1 atom stereocenters. The molecule has 1 saturated heterocycles. The molecule has 1 aliphatic heterocycles. The Morgan fingerprint density at radius 3 is 2.66 bits per heavy atom. The van der Waals surface area contributed by atoms with E-state index in [0.717, 1.165) is 34.1 Å². The summed E-state index contributed by atoms with van der Waals surface area (Å²) in [4.78, 5) is 14.2. The van der Waals surface area contributed by atoms with Crippen molar-refractivity contribution in [3.63, 3.8) is 0 Å². The minimum absolute atomic E-state index is 0.206. The van der Waals surface area contributed by atoms with E-state index in [-0.39, 0.29) is 17.8 Å². The topological polar surface area (TPSA) is 47.4 Å². The van der Waals surface area contributed by atoms with E-state index in [9.17, 15) is 9.18 Å². The monoisotopic (exact) mass is 395 g/mol. The van der Waals surface area contributed by atoms with Gasteiger partial charge in [-0.05, 0) is 56.5 Å². The maximum Gasteiger partial charge on any atom is 0.410 e. The molecule has 2 aromatic carbocycles. The minimum atomic E-state index is -0.498. The standard InChI is InChI=1S/C23H26FN3O2/c1-23(2,3)29-22(28)27-11-10-17(14-27)21-19-9-8-16(13-20(19)25-26(21)4)15-6-5-7-18(24)12-15/h5-9,12-13,17H,10-11,14H2,1-4H3. The number of rotatable bonds is 2. The molecule has 5 nitrogen and oxygen atoms in total. The number of fused-ring (bicyclic) bond motifs is 1. The molecule has 1 unspecified atom stereocenters. The van der Waals surface area contributed by atoms with Crippen molar-refractivity contribution in [1.82, 2.24) is 14.7 Å². The van der Waals surface area contributed by atoms with Crippen LogP contribution in [-0.4, -0.2) is 39.5 Å². The second-order valence-electron chi connectivity index (χ2n) is 8.66. The summed E-state index contributed by atoms with van der Waals surface area (Å²) in [7, 11) is 1.94. The zero-order valence-electron chi connectivity index (χ0n) is 17.3. The highest BCUT2D eigenvalue weighted by Crippen LogP contribution is 2.34. The number of nitrogens with zero attached hydrogens (tertiary/aromatic N) is 3. The second-order valence-corrected chi connectivity index (χ2v) is 8.66. The van der Waals surface area contributed by atoms with E-state index in [1.54, 1.807) is 11.0 Å². The Hall–Kier alpha value is -2.89. The zero-order chi connectivity index (χ0) is 20.8. The summed E-state index contributed by atoms with van der Waals surface area (Å²) in [5, 5.41) is 5.76. The van der Waals surface area contributed by atoms with Gasteiger partial charge in [0.25, 0.3) is 0 Å². The lowest BCUT2D eigenvalue weighted by molar-refractivity contribution is 0.0292. The number of hydrogen-bond donors (Lipinski definition) is 0. The molecule has 1 fully saturated rings. The molecule has 0 saturated carbocycles. The number of carbonyl (C=O) groups excluding carboxylic acids is 1. The molecule has 1 aliphatic rings. The van der Waals surface area contributed by atoms with Crippen LogP contribution in [0.4, 0.5) is 9.18 Å². The Kier molecular flexibility index (Phi) is 4.81. The summed E-state index contributed by atoms with van der Waals surface area (Å²) < 4.78 is 21.0. The van der Waals surface area contributed by atoms with Crippen LogP contribution in [0.3, 0.4) is 0 Å². The van der Waals surface area contributed by atoms with Gasteiger partial charge in [-0.3, -0.25) is 4.68 Å². The van der Waals surface area contributed by atoms with E-state index in [1.165, 1.54) is 12.1 Å². The molecule has 0 bridgehead atoms. The summed E-state index contributed by atoms with van der Waals surface area (Å²) in [6.07, 6.45) is 0.611. The molecule has 3 aromatic rings. The number of ether oxygens (including phenoxy) is 1. The smallest absolute Gasteiger partial charge is 0.410 e. The van der Waals surface area contributed by atoms with Gasteiger partial charge in [0.1, 0.15) is 11.4 Å². The quantitative estimate of drug-likeness (QED) is 0.606. The van der Waals surface area contributed by atoms with E-state index in [0.29, 0.717) is 13.1 Å². The molecule has 0 radical (unpaired) electrons. The first-order valence-corrected chi connectivity index (χ1v) is 9.92. The molecule has 2 heterocycles. The lowest BCUT2D eigenvalue weighted by Gasteiger charge is -2.24. The fourth-order valence-corrected chi connectivity index (χ4v) is 4.03. The van der Waals surface area contributed by atoms with E-state index < -0.39 is 5.60 Å². The average molecular weight is 395 g/mol. The van der Waals surface area contributed by atoms with E-state index >= 15 is 0 Å². The lowest BCUT2D eigenvalue weighted by Crippen LogP contribution is -2.35. The van der Waals surface area contributed by atoms with Crippen molar-refractivity contribution in [3.8, 4) is 11.1 Å². The van der Waals surface area contributed by atoms with Gasteiger partial charge < -0.3 is 9.64 Å². The third kappa shape index (κ3) is 3.97. The molecule has 0 spiro atoms. The third-order valence-corrected chi connectivity index (χ3v) is 5.26. The number of hydrogen-bond acceptors (Lipinski definition) is 3. The number of aromatic nitrogens is 2. The molecule has 1 amide bonds. The largest absolute Gasteiger partial charge is 0.444 e. The highest BCUT2D eigenvalue weighted by molar-refractivity contribution is 5.87. The van der Waals surface area contributed by atoms with Crippen molar-refractivity contribution in [2.45, 2.75) is 38.7 Å². The van der Waals surface area contributed by atoms with Crippen molar-refractivity contribution < 1.29 is 13.9 Å². The van der Waals surface area contributed by atoms with Crippen molar-refractivity contribution >= 4 is 17.0 Å². The summed E-state index contributed by atoms with van der Waals surface area (Å²) in [6, 6.07) is 12.6. The summed E-state index contributed by atoms with van der Waals surface area (Å²) >= 11 is 0. The van der Waals surface area contributed by atoms with Crippen LogP contribution < -0.4 is 0 Å². The zero-order valence-corrected chi connectivity index (χ0v) is 17.3. The van der Waals surface area contributed by atoms with Gasteiger partial charge >= 0.3 is 6.09 Å². The lowest BCUT2D eigenvalue weighted by atomic mass is 9.98. The van der Waals surface area contributed by atoms with Crippen molar-refractivity contribution in [2.75, 3.05) is 13.1 Å². The number of halogens is 1. The molecule has 4 rings (SSSR count). The molecular formula is C23H26FN3O2. The fraction of sp³-hybridized carbons (Fsp3) is 0.391. The second kappa shape index (κ2) is 7.17. The van der Waals surface area contributed by atoms with Crippen molar-refractivity contribution in [2.24, 2.45) is 7.05 Å². The summed E-state index contributed by atoms with van der Waals surface area (Å²) in [5.74, 6) is -0.0463. The van der Waals surface area contributed by atoms with Crippen LogP contribution >= 0.6 is 0 Å². The average Bonchev–Trinajstić information content (AvgIpc) is 3.23. The molecular weight excluding hydrogens is 369 g/mol. The van der Waals surface area contributed by atoms with E-state index in [4.69, 9.17) is 4.74 Å². The minimum Gasteiger partial charge on any atom is -0.444 e. The van der Waals surface area contributed by atoms with Gasteiger partial charge in [-0.15, -0.1) is 0 Å². The number of amides is 1. The van der Waals surface area contributed by atoms with E-state index in [2.05, 4.69) is 5.10 Å². The first kappa shape index (κ1) is 19.4. The molecule has 0 N–H and O–H groups in total. The molecule has 6 heteroatoms. The normalized spacial score (nSPS) is 17.1. The Morgan fingerprint density at radius 1 is 1.17 bits per heavy atom. The highest BCUT2D eigenvalue weighted by atomic mass is 19.1. The van der Waals surface area contributed by atoms with Crippen molar-refractivity contribution in [3.05, 3.63) is 54.0 Å². The number of aryl methyl sites for hydroxylation is 1. The molecule has 0 aliphatic carbocycles. The van der Waals surface area contributed by atoms with Crippen molar-refractivity contribution in [1.29, 1.82) is 0 Å². The first-order valence-electron chi connectivity index (χ1n) is 9.92. The van der Waals surface area contributed by atoms with Crippen LogP contribution in [0, 0.1) is 5.82 Å². The number of likely N-dealkylation sites (tertiary alicyclic amines) is 1. The van der Waals surface area contributed by atoms with Gasteiger partial charge in [0.15, 0.2) is 0 Å². The van der Waals surface area contributed by atoms with Crippen LogP contribution in [0.1, 0.15) is 38.8 Å². The van der Waals surface area contributed by atoms with Crippen LogP contribution in [-0.2, 0) is 11.8 Å². The number of carbonyl (C=O) groups is 1. The van der Waals surface area contributed by atoms with Crippen LogP contribution in [0.25, 0.3) is 22.0 Å². The fourth-order valence-electron chi connectivity index (χ4n) is 4.03. The highest BCUT2D eigenvalue weighted by Gasteiger charge is 2.33. The van der Waals surface area contributed by atoms with Gasteiger partial charge in [-0.1, -0.05) is 24.3 Å². The predicted octanol–water partition coefficient (Wildman–Crippen LogP) is 5.10. The van der Waals surface area contributed by atoms with E-state index in [1.807, 2.05) is 56.8 Å². The van der Waals surface area contributed by atoms with Crippen LogP contribution in [0.2, 0.25) is 0 Å². The first-order chi connectivity index (χ1) is 13.7. The maximum atomic E-state index is 13.6. The molecule has 1 aromatic heterocycles. The third-order valence-electron chi connectivity index (χ3n) is 5.26. The van der Waals surface area contributed by atoms with Gasteiger partial charge in [0, 0.05) is 31.4 Å². The summed E-state index contributed by atoms with van der Waals surface area (Å²) in [6.45, 7) is 6.93. The Morgan fingerprint density at radius 2 is 1.93 bits per heavy atom. The van der Waals surface area contributed by atoms with Gasteiger partial charge in [0.2, 0.25) is 0 Å². The predicted molar refractivity (Wildman–Crippen MR) is 111 cm³/mol. The SMILES string of the molecule is Cn1nc2cc(-c3cccc(F)c3)ccc2c1C1CCN(C(=O)OC(C)(C)C)C1. The van der Waals surface area contributed by atoms with Crippen LogP contribution in [0.5, 0.6) is 0 Å². The Bertz CT molecular complexity index is 1070. The maximum absolute atomic E-state index is 13.6. The molecule has 29 heavy (non-hydrogen) atoms. The Labute approximate surface area is 170 Å². The number of benzene rings is 2. The Balaban J connectivity index is 1.60. The summed E-state index contributed by atoms with van der Waals surface area (Å²) in [5.41, 5.74) is 3.26. The van der Waals surface area contributed by atoms with Gasteiger partial charge in [-0.2, -0.15) is 5.10 Å². The van der Waals surface area contributed by atoms with Gasteiger partial charge in [-0.25, -0.2) is 9.18 Å². The molecule has 152 valence electrons. The van der Waals surface area contributed by atoms with Gasteiger partial charge in [0.05, 0.1) is 11.2 Å².